The van der Waals surface area contributed by atoms with Crippen LogP contribution in [0.5, 0.6) is 0 Å². The number of carbonyl (C=O) groups excluding carboxylic acids is 2. The maximum Gasteiger partial charge on any atom is 0.249 e. The third kappa shape index (κ3) is 3.93. The number of carbonyl (C=O) groups is 2. The molecule has 1 aliphatic heterocycles. The number of halogens is 1. The van der Waals surface area contributed by atoms with Crippen molar-refractivity contribution in [1.82, 2.24) is 4.90 Å². The minimum atomic E-state index is -0.676. The van der Waals surface area contributed by atoms with Crippen LogP contribution < -0.4 is 5.32 Å². The van der Waals surface area contributed by atoms with Crippen LogP contribution in [0.3, 0.4) is 0 Å². The number of anilines is 1. The predicted octanol–water partition coefficient (Wildman–Crippen LogP) is 2.71. The molecule has 0 unspecified atom stereocenters. The highest BCUT2D eigenvalue weighted by Crippen LogP contribution is 2.18. The first-order chi connectivity index (χ1) is 11.6. The molecule has 0 bridgehead atoms. The smallest absolute Gasteiger partial charge is 0.249 e. The summed E-state index contributed by atoms with van der Waals surface area (Å²) in [5.74, 6) is -0.488. The quantitative estimate of drug-likeness (QED) is 0.927. The molecule has 1 atom stereocenters. The minimum Gasteiger partial charge on any atom is -0.369 e. The Bertz CT molecular complexity index is 736. The van der Waals surface area contributed by atoms with Crippen LogP contribution in [0.25, 0.3) is 0 Å². The van der Waals surface area contributed by atoms with Crippen LogP contribution in [-0.4, -0.2) is 36.0 Å². The maximum atomic E-state index is 12.6. The van der Waals surface area contributed by atoms with Crippen LogP contribution >= 0.6 is 11.6 Å². The van der Waals surface area contributed by atoms with Crippen molar-refractivity contribution < 1.29 is 14.3 Å². The molecule has 5 nitrogen and oxygen atoms in total. The van der Waals surface area contributed by atoms with Gasteiger partial charge in [0.1, 0.15) is 12.6 Å². The monoisotopic (exact) mass is 344 g/mol. The van der Waals surface area contributed by atoms with Crippen LogP contribution in [0, 0.1) is 0 Å². The summed E-state index contributed by atoms with van der Waals surface area (Å²) >= 11 is 5.93. The van der Waals surface area contributed by atoms with E-state index in [1.807, 2.05) is 30.3 Å². The van der Waals surface area contributed by atoms with E-state index in [0.29, 0.717) is 17.3 Å². The molecule has 3 rings (SSSR count). The number of benzene rings is 2. The molecular formula is C18H17ClN2O3. The number of amides is 2. The van der Waals surface area contributed by atoms with E-state index in [-0.39, 0.29) is 25.0 Å². The average molecular weight is 345 g/mol. The molecule has 6 heteroatoms. The van der Waals surface area contributed by atoms with Crippen molar-refractivity contribution in [1.29, 1.82) is 0 Å². The molecule has 1 heterocycles. The number of ether oxygens (including phenoxy) is 1. The van der Waals surface area contributed by atoms with Gasteiger partial charge >= 0.3 is 0 Å². The van der Waals surface area contributed by atoms with E-state index in [1.165, 1.54) is 0 Å². The van der Waals surface area contributed by atoms with Gasteiger partial charge in [0.15, 0.2) is 0 Å². The zero-order valence-electron chi connectivity index (χ0n) is 12.9. The Balaban J connectivity index is 1.75. The summed E-state index contributed by atoms with van der Waals surface area (Å²) in [6.45, 7) is 0.537. The molecule has 124 valence electrons. The number of morpholine rings is 1. The van der Waals surface area contributed by atoms with Gasteiger partial charge in [-0.1, -0.05) is 48.0 Å². The van der Waals surface area contributed by atoms with Gasteiger partial charge in [0.05, 0.1) is 6.61 Å². The molecule has 2 aromatic rings. The fourth-order valence-electron chi connectivity index (χ4n) is 2.59. The first kappa shape index (κ1) is 16.5. The molecule has 24 heavy (non-hydrogen) atoms. The Labute approximate surface area is 145 Å². The average Bonchev–Trinajstić information content (AvgIpc) is 2.57. The molecule has 1 N–H and O–H groups in total. The van der Waals surface area contributed by atoms with Crippen LogP contribution in [-0.2, 0) is 20.9 Å². The third-order valence-electron chi connectivity index (χ3n) is 3.79. The van der Waals surface area contributed by atoms with Gasteiger partial charge in [0, 0.05) is 17.3 Å². The molecule has 0 radical (unpaired) electrons. The Morgan fingerprint density at radius 1 is 1.21 bits per heavy atom. The number of hydrogen-bond donors (Lipinski definition) is 1. The molecular weight excluding hydrogens is 328 g/mol. The Morgan fingerprint density at radius 2 is 2.00 bits per heavy atom. The predicted molar refractivity (Wildman–Crippen MR) is 91.7 cm³/mol. The van der Waals surface area contributed by atoms with Gasteiger partial charge in [-0.3, -0.25) is 9.59 Å². The van der Waals surface area contributed by atoms with E-state index in [2.05, 4.69) is 5.32 Å². The van der Waals surface area contributed by atoms with Gasteiger partial charge < -0.3 is 15.0 Å². The highest BCUT2D eigenvalue weighted by Gasteiger charge is 2.34. The molecule has 2 aromatic carbocycles. The molecule has 0 aliphatic carbocycles. The Hall–Kier alpha value is -2.37. The van der Waals surface area contributed by atoms with E-state index in [0.717, 1.165) is 5.56 Å². The van der Waals surface area contributed by atoms with E-state index in [9.17, 15) is 9.59 Å². The topological polar surface area (TPSA) is 58.6 Å². The Kier molecular flexibility index (Phi) is 5.13. The van der Waals surface area contributed by atoms with Gasteiger partial charge in [-0.15, -0.1) is 0 Å². The van der Waals surface area contributed by atoms with Gasteiger partial charge in [0.2, 0.25) is 11.8 Å². The highest BCUT2D eigenvalue weighted by atomic mass is 35.5. The minimum absolute atomic E-state index is 0.00617. The van der Waals surface area contributed by atoms with Crippen LogP contribution in [0.1, 0.15) is 5.56 Å². The summed E-state index contributed by atoms with van der Waals surface area (Å²) in [5.41, 5.74) is 1.55. The van der Waals surface area contributed by atoms with Crippen molar-refractivity contribution in [2.75, 3.05) is 18.5 Å². The summed E-state index contributed by atoms with van der Waals surface area (Å²) in [4.78, 5) is 26.4. The maximum absolute atomic E-state index is 12.6. The summed E-state index contributed by atoms with van der Waals surface area (Å²) in [7, 11) is 0. The third-order valence-corrected chi connectivity index (χ3v) is 4.02. The van der Waals surface area contributed by atoms with Crippen LogP contribution in [0.15, 0.2) is 54.6 Å². The fraction of sp³-hybridized carbons (Fsp3) is 0.222. The number of nitrogens with zero attached hydrogens (tertiary/aromatic N) is 1. The molecule has 1 fully saturated rings. The Morgan fingerprint density at radius 3 is 2.75 bits per heavy atom. The second kappa shape index (κ2) is 7.47. The number of nitrogens with one attached hydrogen (secondary N) is 1. The molecule has 1 saturated heterocycles. The van der Waals surface area contributed by atoms with Crippen molar-refractivity contribution in [3.05, 3.63) is 65.2 Å². The lowest BCUT2D eigenvalue weighted by atomic mass is 10.1. The second-order valence-electron chi connectivity index (χ2n) is 5.54. The first-order valence-corrected chi connectivity index (χ1v) is 7.99. The van der Waals surface area contributed by atoms with Gasteiger partial charge in [-0.05, 0) is 23.8 Å². The van der Waals surface area contributed by atoms with Crippen molar-refractivity contribution in [3.63, 3.8) is 0 Å². The van der Waals surface area contributed by atoms with Crippen molar-refractivity contribution in [3.8, 4) is 0 Å². The van der Waals surface area contributed by atoms with E-state index in [1.54, 1.807) is 29.2 Å². The van der Waals surface area contributed by atoms with E-state index in [4.69, 9.17) is 16.3 Å². The lowest BCUT2D eigenvalue weighted by Gasteiger charge is -2.34. The zero-order chi connectivity index (χ0) is 16.9. The number of rotatable bonds is 4. The van der Waals surface area contributed by atoms with E-state index >= 15 is 0 Å². The standard InChI is InChI=1S/C18H17ClN2O3/c19-14-7-4-8-15(9-14)20-18(23)16-11-24-12-17(22)21(16)10-13-5-2-1-3-6-13/h1-9,16H,10-12H2,(H,20,23)/t16-/m0/s1. The summed E-state index contributed by atoms with van der Waals surface area (Å²) in [6, 6.07) is 15.8. The van der Waals surface area contributed by atoms with Gasteiger partial charge in [-0.2, -0.15) is 0 Å². The second-order valence-corrected chi connectivity index (χ2v) is 5.97. The SMILES string of the molecule is O=C(Nc1cccc(Cl)c1)[C@@H]1COCC(=O)N1Cc1ccccc1. The van der Waals surface area contributed by atoms with Crippen LogP contribution in [0.2, 0.25) is 5.02 Å². The van der Waals surface area contributed by atoms with Crippen molar-refractivity contribution in [2.24, 2.45) is 0 Å². The van der Waals surface area contributed by atoms with Gasteiger partial charge in [-0.25, -0.2) is 0 Å². The molecule has 0 saturated carbocycles. The first-order valence-electron chi connectivity index (χ1n) is 7.61. The summed E-state index contributed by atoms with van der Waals surface area (Å²) in [6.07, 6.45) is 0. The lowest BCUT2D eigenvalue weighted by molar-refractivity contribution is -0.154. The van der Waals surface area contributed by atoms with E-state index < -0.39 is 6.04 Å². The van der Waals surface area contributed by atoms with Crippen LogP contribution in [0.4, 0.5) is 5.69 Å². The molecule has 2 amide bonds. The lowest BCUT2D eigenvalue weighted by Crippen LogP contribution is -2.54. The largest absolute Gasteiger partial charge is 0.369 e. The molecule has 0 spiro atoms. The zero-order valence-corrected chi connectivity index (χ0v) is 13.7. The highest BCUT2D eigenvalue weighted by molar-refractivity contribution is 6.30. The fourth-order valence-corrected chi connectivity index (χ4v) is 2.78. The summed E-state index contributed by atoms with van der Waals surface area (Å²) < 4.78 is 5.27. The molecule has 1 aliphatic rings. The molecule has 0 aromatic heterocycles. The summed E-state index contributed by atoms with van der Waals surface area (Å²) in [5, 5.41) is 3.32. The number of hydrogen-bond acceptors (Lipinski definition) is 3. The van der Waals surface area contributed by atoms with Crippen molar-refractivity contribution >= 4 is 29.1 Å². The van der Waals surface area contributed by atoms with Crippen molar-refractivity contribution in [2.45, 2.75) is 12.6 Å². The van der Waals surface area contributed by atoms with Gasteiger partial charge in [0.25, 0.3) is 0 Å². The normalized spacial score (nSPS) is 17.6.